The van der Waals surface area contributed by atoms with E-state index in [2.05, 4.69) is 56.9 Å². The Hall–Kier alpha value is -4.06. The number of hydrogen-bond donors (Lipinski definition) is 3. The number of aromatic amines is 1. The van der Waals surface area contributed by atoms with Crippen molar-refractivity contribution in [2.24, 2.45) is 0 Å². The number of carbonyl (C=O) groups excluding carboxylic acids is 2. The molecule has 0 saturated carbocycles. The second-order valence-electron chi connectivity index (χ2n) is 8.30. The van der Waals surface area contributed by atoms with Crippen molar-refractivity contribution in [3.8, 4) is 0 Å². The lowest BCUT2D eigenvalue weighted by Gasteiger charge is -2.20. The lowest BCUT2D eigenvalue weighted by Crippen LogP contribution is -2.29. The molecule has 2 amide bonds. The number of aromatic nitrogens is 1. The van der Waals surface area contributed by atoms with Gasteiger partial charge < -0.3 is 20.5 Å². The number of anilines is 2. The van der Waals surface area contributed by atoms with E-state index in [1.54, 1.807) is 24.3 Å². The molecule has 168 valence electrons. The fourth-order valence-electron chi connectivity index (χ4n) is 4.00. The van der Waals surface area contributed by atoms with Gasteiger partial charge in [-0.3, -0.25) is 9.59 Å². The summed E-state index contributed by atoms with van der Waals surface area (Å²) >= 11 is 0. The van der Waals surface area contributed by atoms with Crippen LogP contribution in [-0.4, -0.2) is 37.4 Å². The number of carbonyl (C=O) groups is 2. The first-order valence-electron chi connectivity index (χ1n) is 10.9. The molecule has 0 aliphatic heterocycles. The number of nitrogens with zero attached hydrogens (tertiary/aromatic N) is 1. The zero-order valence-electron chi connectivity index (χ0n) is 19.1. The Morgan fingerprint density at radius 3 is 2.30 bits per heavy atom. The minimum Gasteiger partial charge on any atom is -0.378 e. The fraction of sp³-hybridized carbons (Fsp3) is 0.185. The zero-order chi connectivity index (χ0) is 23.4. The van der Waals surface area contributed by atoms with Crippen molar-refractivity contribution < 1.29 is 9.59 Å². The van der Waals surface area contributed by atoms with Crippen LogP contribution in [0.5, 0.6) is 0 Å². The molecule has 4 rings (SSSR count). The van der Waals surface area contributed by atoms with Crippen LogP contribution in [0.25, 0.3) is 10.9 Å². The average Bonchev–Trinajstić information content (AvgIpc) is 3.23. The summed E-state index contributed by atoms with van der Waals surface area (Å²) in [7, 11) is 4.03. The molecule has 0 fully saturated rings. The summed E-state index contributed by atoms with van der Waals surface area (Å²) in [5, 5.41) is 6.96. The molecular weight excluding hydrogens is 412 g/mol. The van der Waals surface area contributed by atoms with Crippen LogP contribution in [0, 0.1) is 0 Å². The van der Waals surface area contributed by atoms with Crippen LogP contribution < -0.4 is 15.5 Å². The summed E-state index contributed by atoms with van der Waals surface area (Å²) in [5.74, 6) is -0.312. The molecule has 1 heterocycles. The van der Waals surface area contributed by atoms with E-state index < -0.39 is 0 Å². The Bertz CT molecular complexity index is 1260. The highest BCUT2D eigenvalue weighted by Crippen LogP contribution is 2.31. The molecule has 1 atom stereocenters. The molecule has 1 unspecified atom stereocenters. The number of nitrogens with one attached hydrogen (secondary N) is 3. The van der Waals surface area contributed by atoms with Gasteiger partial charge in [-0.1, -0.05) is 30.3 Å². The topological polar surface area (TPSA) is 77.2 Å². The van der Waals surface area contributed by atoms with E-state index >= 15 is 0 Å². The molecule has 0 spiro atoms. The van der Waals surface area contributed by atoms with Crippen LogP contribution in [0.4, 0.5) is 11.4 Å². The lowest BCUT2D eigenvalue weighted by molar-refractivity contribution is -0.114. The molecule has 0 aliphatic rings. The summed E-state index contributed by atoms with van der Waals surface area (Å²) in [6.45, 7) is 1.91. The van der Waals surface area contributed by atoms with Crippen molar-refractivity contribution in [2.45, 2.75) is 12.8 Å². The Labute approximate surface area is 193 Å². The molecule has 0 saturated heterocycles. The van der Waals surface area contributed by atoms with Gasteiger partial charge in [-0.05, 0) is 53.6 Å². The van der Waals surface area contributed by atoms with Crippen LogP contribution in [0.1, 0.15) is 34.3 Å². The third-order valence-electron chi connectivity index (χ3n) is 5.74. The molecule has 0 radical (unpaired) electrons. The van der Waals surface area contributed by atoms with E-state index in [0.717, 1.165) is 27.7 Å². The standard InChI is InChI=1S/C27H28N4O2/c1-18(32)30-21-12-8-20(9-13-21)27(33)29-16-24(19-10-14-22(15-11-19)31(2)3)25-17-28-26-7-5-4-6-23(25)26/h4-15,17,24,28H,16H2,1-3H3,(H,29,33)(H,30,32). The van der Waals surface area contributed by atoms with Gasteiger partial charge in [-0.15, -0.1) is 0 Å². The SMILES string of the molecule is CC(=O)Nc1ccc(C(=O)NCC(c2ccc(N(C)C)cc2)c2c[nH]c3ccccc23)cc1. The highest BCUT2D eigenvalue weighted by Gasteiger charge is 2.20. The van der Waals surface area contributed by atoms with Crippen molar-refractivity contribution >= 4 is 34.1 Å². The molecule has 1 aromatic heterocycles. The van der Waals surface area contributed by atoms with E-state index in [-0.39, 0.29) is 17.7 Å². The van der Waals surface area contributed by atoms with Crippen LogP contribution in [0.15, 0.2) is 79.0 Å². The summed E-state index contributed by atoms with van der Waals surface area (Å²) in [5.41, 5.74) is 5.68. The average molecular weight is 441 g/mol. The Kier molecular flexibility index (Phi) is 6.45. The van der Waals surface area contributed by atoms with Crippen molar-refractivity contribution in [1.82, 2.24) is 10.3 Å². The van der Waals surface area contributed by atoms with Gasteiger partial charge in [-0.2, -0.15) is 0 Å². The van der Waals surface area contributed by atoms with Crippen LogP contribution in [-0.2, 0) is 4.79 Å². The fourth-order valence-corrected chi connectivity index (χ4v) is 4.00. The molecular formula is C27H28N4O2. The first-order valence-corrected chi connectivity index (χ1v) is 10.9. The van der Waals surface area contributed by atoms with E-state index in [0.29, 0.717) is 17.8 Å². The van der Waals surface area contributed by atoms with Crippen LogP contribution in [0.2, 0.25) is 0 Å². The largest absolute Gasteiger partial charge is 0.378 e. The second-order valence-corrected chi connectivity index (χ2v) is 8.30. The van der Waals surface area contributed by atoms with Crippen molar-refractivity contribution in [3.05, 3.63) is 95.7 Å². The predicted octanol–water partition coefficient (Wildman–Crippen LogP) is 4.75. The van der Waals surface area contributed by atoms with Crippen LogP contribution >= 0.6 is 0 Å². The maximum absolute atomic E-state index is 12.9. The third-order valence-corrected chi connectivity index (χ3v) is 5.74. The van der Waals surface area contributed by atoms with E-state index in [1.807, 2.05) is 32.4 Å². The zero-order valence-corrected chi connectivity index (χ0v) is 19.1. The number of rotatable bonds is 7. The maximum atomic E-state index is 12.9. The number of H-pyrrole nitrogens is 1. The lowest BCUT2D eigenvalue weighted by atomic mass is 9.90. The minimum absolute atomic E-state index is 0.0139. The van der Waals surface area contributed by atoms with Crippen LogP contribution in [0.3, 0.4) is 0 Å². The number of amides is 2. The van der Waals surface area contributed by atoms with Gasteiger partial charge in [0.25, 0.3) is 5.91 Å². The van der Waals surface area contributed by atoms with E-state index in [1.165, 1.54) is 6.92 Å². The summed E-state index contributed by atoms with van der Waals surface area (Å²) in [4.78, 5) is 29.5. The smallest absolute Gasteiger partial charge is 0.251 e. The van der Waals surface area contributed by atoms with Gasteiger partial charge in [0.05, 0.1) is 0 Å². The van der Waals surface area contributed by atoms with Crippen molar-refractivity contribution in [2.75, 3.05) is 30.9 Å². The van der Waals surface area contributed by atoms with Crippen molar-refractivity contribution in [3.63, 3.8) is 0 Å². The molecule has 33 heavy (non-hydrogen) atoms. The molecule has 3 N–H and O–H groups in total. The predicted molar refractivity (Wildman–Crippen MR) is 134 cm³/mol. The number of fused-ring (bicyclic) bond motifs is 1. The third kappa shape index (κ3) is 5.06. The van der Waals surface area contributed by atoms with Gasteiger partial charge in [0.2, 0.25) is 5.91 Å². The van der Waals surface area contributed by atoms with Crippen molar-refractivity contribution in [1.29, 1.82) is 0 Å². The molecule has 0 bridgehead atoms. The van der Waals surface area contributed by atoms with Gasteiger partial charge in [-0.25, -0.2) is 0 Å². The number of benzene rings is 3. The second kappa shape index (κ2) is 9.61. The minimum atomic E-state index is -0.154. The summed E-state index contributed by atoms with van der Waals surface area (Å²) in [6, 6.07) is 23.5. The molecule has 4 aromatic rings. The number of hydrogen-bond acceptors (Lipinski definition) is 3. The van der Waals surface area contributed by atoms with Gasteiger partial charge >= 0.3 is 0 Å². The summed E-state index contributed by atoms with van der Waals surface area (Å²) < 4.78 is 0. The van der Waals surface area contributed by atoms with Gasteiger partial charge in [0.1, 0.15) is 0 Å². The Morgan fingerprint density at radius 1 is 0.939 bits per heavy atom. The molecule has 0 aliphatic carbocycles. The normalized spacial score (nSPS) is 11.7. The highest BCUT2D eigenvalue weighted by atomic mass is 16.2. The monoisotopic (exact) mass is 440 g/mol. The Balaban J connectivity index is 1.58. The van der Waals surface area contributed by atoms with Gasteiger partial charge in [0, 0.05) is 67.5 Å². The highest BCUT2D eigenvalue weighted by molar-refractivity contribution is 5.95. The number of para-hydroxylation sites is 1. The quantitative estimate of drug-likeness (QED) is 0.388. The molecule has 3 aromatic carbocycles. The maximum Gasteiger partial charge on any atom is 0.251 e. The van der Waals surface area contributed by atoms with E-state index in [9.17, 15) is 9.59 Å². The summed E-state index contributed by atoms with van der Waals surface area (Å²) in [6.07, 6.45) is 2.03. The van der Waals surface area contributed by atoms with Gasteiger partial charge in [0.15, 0.2) is 0 Å². The molecule has 6 nitrogen and oxygen atoms in total. The first kappa shape index (κ1) is 22.1. The van der Waals surface area contributed by atoms with E-state index in [4.69, 9.17) is 0 Å². The first-order chi connectivity index (χ1) is 15.9. The molecule has 6 heteroatoms. The Morgan fingerprint density at radius 2 is 1.64 bits per heavy atom.